The van der Waals surface area contributed by atoms with E-state index in [2.05, 4.69) is 21.5 Å². The molecule has 1 fully saturated rings. The van der Waals surface area contributed by atoms with Crippen molar-refractivity contribution in [2.24, 2.45) is 0 Å². The molecule has 0 saturated carbocycles. The number of rotatable bonds is 2. The second-order valence-electron chi connectivity index (χ2n) is 7.43. The predicted octanol–water partition coefficient (Wildman–Crippen LogP) is 4.92. The second-order valence-corrected chi connectivity index (χ2v) is 7.86. The van der Waals surface area contributed by atoms with Gasteiger partial charge in [-0.15, -0.1) is 0 Å². The van der Waals surface area contributed by atoms with Crippen molar-refractivity contribution in [1.82, 2.24) is 14.6 Å². The van der Waals surface area contributed by atoms with Crippen LogP contribution in [0.1, 0.15) is 43.4 Å². The molecule has 0 atom stereocenters. The Morgan fingerprint density at radius 1 is 0.923 bits per heavy atom. The lowest BCUT2D eigenvalue weighted by atomic mass is 9.95. The number of nitrogens with zero attached hydrogens (tertiary/aromatic N) is 4. The van der Waals surface area contributed by atoms with Crippen LogP contribution in [0.5, 0.6) is 0 Å². The van der Waals surface area contributed by atoms with Crippen molar-refractivity contribution in [2.75, 3.05) is 18.0 Å². The molecule has 1 aliphatic heterocycles. The Balaban J connectivity index is 1.71. The minimum atomic E-state index is 0.739. The van der Waals surface area contributed by atoms with Crippen LogP contribution in [-0.2, 0) is 12.8 Å². The van der Waals surface area contributed by atoms with Gasteiger partial charge in [0.2, 0.25) is 0 Å². The van der Waals surface area contributed by atoms with E-state index in [9.17, 15) is 0 Å². The quantitative estimate of drug-likeness (QED) is 0.645. The van der Waals surface area contributed by atoms with E-state index < -0.39 is 0 Å². The molecular weight excluding hydrogens is 344 g/mol. The number of hydrogen-bond donors (Lipinski definition) is 0. The first-order chi connectivity index (χ1) is 12.8. The van der Waals surface area contributed by atoms with Crippen molar-refractivity contribution in [3.8, 4) is 11.3 Å². The molecule has 0 spiro atoms. The van der Waals surface area contributed by atoms with Gasteiger partial charge in [-0.05, 0) is 57.1 Å². The molecule has 26 heavy (non-hydrogen) atoms. The lowest BCUT2D eigenvalue weighted by molar-refractivity contribution is 0.560. The minimum Gasteiger partial charge on any atom is -0.356 e. The van der Waals surface area contributed by atoms with Gasteiger partial charge in [0.1, 0.15) is 5.82 Å². The molecule has 5 heteroatoms. The molecule has 3 heterocycles. The molecule has 4 nitrogen and oxygen atoms in total. The Kier molecular flexibility index (Phi) is 4.08. The lowest BCUT2D eigenvalue weighted by Gasteiger charge is -2.32. The van der Waals surface area contributed by atoms with Gasteiger partial charge in [-0.25, -0.2) is 4.98 Å². The van der Waals surface area contributed by atoms with Gasteiger partial charge in [0.15, 0.2) is 5.65 Å². The van der Waals surface area contributed by atoms with Crippen molar-refractivity contribution in [1.29, 1.82) is 0 Å². The molecule has 5 rings (SSSR count). The number of halogens is 1. The minimum absolute atomic E-state index is 0.739. The highest BCUT2D eigenvalue weighted by Crippen LogP contribution is 2.33. The number of aryl methyl sites for hydroxylation is 1. The number of hydrogen-bond acceptors (Lipinski definition) is 3. The maximum Gasteiger partial charge on any atom is 0.158 e. The zero-order chi connectivity index (χ0) is 17.5. The molecule has 3 aromatic rings. The third-order valence-corrected chi connectivity index (χ3v) is 5.86. The Bertz CT molecular complexity index is 956. The summed E-state index contributed by atoms with van der Waals surface area (Å²) in [6.07, 6.45) is 8.57. The van der Waals surface area contributed by atoms with Crippen LogP contribution >= 0.6 is 11.6 Å². The standard InChI is InChI=1S/C21H23ClN4/c22-16-8-6-7-15(13-16)19-14-20-23-18-10-3-2-9-17(18)21(26(20)24-19)25-11-4-1-5-12-25/h6-8,13-14H,1-5,9-12H2. The van der Waals surface area contributed by atoms with E-state index in [0.29, 0.717) is 0 Å². The van der Waals surface area contributed by atoms with Gasteiger partial charge < -0.3 is 4.90 Å². The van der Waals surface area contributed by atoms with Gasteiger partial charge in [-0.3, -0.25) is 0 Å². The maximum atomic E-state index is 6.19. The molecular formula is C21H23ClN4. The molecule has 1 aromatic carbocycles. The summed E-state index contributed by atoms with van der Waals surface area (Å²) in [4.78, 5) is 7.52. The molecule has 2 aromatic heterocycles. The highest BCUT2D eigenvalue weighted by atomic mass is 35.5. The number of benzene rings is 1. The highest BCUT2D eigenvalue weighted by molar-refractivity contribution is 6.30. The first-order valence-corrected chi connectivity index (χ1v) is 10.1. The first kappa shape index (κ1) is 16.1. The molecule has 2 aliphatic rings. The van der Waals surface area contributed by atoms with Gasteiger partial charge in [-0.1, -0.05) is 23.7 Å². The molecule has 1 saturated heterocycles. The first-order valence-electron chi connectivity index (χ1n) is 9.72. The van der Waals surface area contributed by atoms with Crippen LogP contribution in [0.4, 0.5) is 5.82 Å². The summed E-state index contributed by atoms with van der Waals surface area (Å²) in [5.41, 5.74) is 5.65. The van der Waals surface area contributed by atoms with Gasteiger partial charge >= 0.3 is 0 Å². The van der Waals surface area contributed by atoms with E-state index in [4.69, 9.17) is 21.7 Å². The summed E-state index contributed by atoms with van der Waals surface area (Å²) in [6.45, 7) is 2.25. The monoisotopic (exact) mass is 366 g/mol. The Morgan fingerprint density at radius 3 is 2.62 bits per heavy atom. The van der Waals surface area contributed by atoms with Crippen molar-refractivity contribution in [3.05, 3.63) is 46.6 Å². The lowest BCUT2D eigenvalue weighted by Crippen LogP contribution is -2.33. The number of fused-ring (bicyclic) bond motifs is 2. The van der Waals surface area contributed by atoms with E-state index in [1.54, 1.807) is 0 Å². The summed E-state index contributed by atoms with van der Waals surface area (Å²) in [6, 6.07) is 10.0. The SMILES string of the molecule is Clc1cccc(-c2cc3nc4c(c(N5CCCCC5)n3n2)CCCC4)c1. The van der Waals surface area contributed by atoms with E-state index in [-0.39, 0.29) is 0 Å². The average Bonchev–Trinajstić information content (AvgIpc) is 3.10. The molecule has 0 N–H and O–H groups in total. The number of aromatic nitrogens is 3. The fraction of sp³-hybridized carbons (Fsp3) is 0.429. The van der Waals surface area contributed by atoms with Crippen molar-refractivity contribution < 1.29 is 0 Å². The third kappa shape index (κ3) is 2.77. The van der Waals surface area contributed by atoms with E-state index in [1.165, 1.54) is 49.2 Å². The predicted molar refractivity (Wildman–Crippen MR) is 106 cm³/mol. The fourth-order valence-corrected chi connectivity index (χ4v) is 4.54. The second kappa shape index (κ2) is 6.58. The smallest absolute Gasteiger partial charge is 0.158 e. The Hall–Kier alpha value is -2.07. The van der Waals surface area contributed by atoms with Crippen molar-refractivity contribution in [2.45, 2.75) is 44.9 Å². The molecule has 0 unspecified atom stereocenters. The zero-order valence-electron chi connectivity index (χ0n) is 14.9. The summed E-state index contributed by atoms with van der Waals surface area (Å²) in [5.74, 6) is 1.29. The molecule has 0 amide bonds. The van der Waals surface area contributed by atoms with Crippen LogP contribution in [0.2, 0.25) is 5.02 Å². The van der Waals surface area contributed by atoms with Crippen molar-refractivity contribution >= 4 is 23.1 Å². The van der Waals surface area contributed by atoms with Crippen LogP contribution in [0.3, 0.4) is 0 Å². The van der Waals surface area contributed by atoms with Gasteiger partial charge in [0.25, 0.3) is 0 Å². The Morgan fingerprint density at radius 2 is 1.77 bits per heavy atom. The molecule has 0 radical (unpaired) electrons. The fourth-order valence-electron chi connectivity index (χ4n) is 4.35. The van der Waals surface area contributed by atoms with Gasteiger partial charge in [-0.2, -0.15) is 9.61 Å². The number of piperidine rings is 1. The number of anilines is 1. The third-order valence-electron chi connectivity index (χ3n) is 5.63. The molecule has 134 valence electrons. The van der Waals surface area contributed by atoms with Gasteiger partial charge in [0.05, 0.1) is 5.69 Å². The average molecular weight is 367 g/mol. The Labute approximate surface area is 158 Å². The van der Waals surface area contributed by atoms with E-state index >= 15 is 0 Å². The van der Waals surface area contributed by atoms with Crippen LogP contribution < -0.4 is 4.90 Å². The topological polar surface area (TPSA) is 33.4 Å². The van der Waals surface area contributed by atoms with Gasteiger partial charge in [0, 0.05) is 41.0 Å². The van der Waals surface area contributed by atoms with Crippen LogP contribution in [0, 0.1) is 0 Å². The molecule has 0 bridgehead atoms. The van der Waals surface area contributed by atoms with E-state index in [0.717, 1.165) is 47.9 Å². The normalized spacial score (nSPS) is 17.5. The van der Waals surface area contributed by atoms with Crippen LogP contribution in [0.15, 0.2) is 30.3 Å². The van der Waals surface area contributed by atoms with Crippen molar-refractivity contribution in [3.63, 3.8) is 0 Å². The maximum absolute atomic E-state index is 6.19. The molecule has 1 aliphatic carbocycles. The van der Waals surface area contributed by atoms with E-state index in [1.807, 2.05) is 18.2 Å². The zero-order valence-corrected chi connectivity index (χ0v) is 15.7. The summed E-state index contributed by atoms with van der Waals surface area (Å²) < 4.78 is 2.09. The summed E-state index contributed by atoms with van der Waals surface area (Å²) >= 11 is 6.19. The van der Waals surface area contributed by atoms with Crippen LogP contribution in [0.25, 0.3) is 16.9 Å². The summed E-state index contributed by atoms with van der Waals surface area (Å²) in [5, 5.41) is 5.70. The van der Waals surface area contributed by atoms with Crippen LogP contribution in [-0.4, -0.2) is 27.7 Å². The largest absolute Gasteiger partial charge is 0.356 e. The summed E-state index contributed by atoms with van der Waals surface area (Å²) in [7, 11) is 0. The highest BCUT2D eigenvalue weighted by Gasteiger charge is 2.25.